The van der Waals surface area contributed by atoms with E-state index in [2.05, 4.69) is 0 Å². The lowest BCUT2D eigenvalue weighted by Crippen LogP contribution is -2.22. The second-order valence-corrected chi connectivity index (χ2v) is 4.16. The predicted molar refractivity (Wildman–Crippen MR) is 64.5 cm³/mol. The summed E-state index contributed by atoms with van der Waals surface area (Å²) in [6, 6.07) is 17.8. The van der Waals surface area contributed by atoms with E-state index in [9.17, 15) is 4.79 Å². The number of ether oxygens (including phenoxy) is 1. The predicted octanol–water partition coefficient (Wildman–Crippen LogP) is 2.88. The van der Waals surface area contributed by atoms with Gasteiger partial charge in [-0.3, -0.25) is 4.79 Å². The van der Waals surface area contributed by atoms with Crippen molar-refractivity contribution in [3.8, 4) is 0 Å². The Bertz CT molecular complexity index is 546. The van der Waals surface area contributed by atoms with Crippen LogP contribution in [0.3, 0.4) is 0 Å². The summed E-state index contributed by atoms with van der Waals surface area (Å²) in [5, 5.41) is 0. The minimum atomic E-state index is -0.256. The molecule has 17 heavy (non-hydrogen) atoms. The first kappa shape index (κ1) is 10.1. The Hall–Kier alpha value is -2.09. The van der Waals surface area contributed by atoms with Gasteiger partial charge in [-0.1, -0.05) is 54.6 Å². The van der Waals surface area contributed by atoms with Crippen molar-refractivity contribution >= 4 is 5.97 Å². The molecular weight excluding hydrogens is 212 g/mol. The highest BCUT2D eigenvalue weighted by Gasteiger charge is 2.26. The van der Waals surface area contributed by atoms with Gasteiger partial charge in [0.15, 0.2) is 6.10 Å². The van der Waals surface area contributed by atoms with Crippen molar-refractivity contribution in [1.29, 1.82) is 0 Å². The van der Waals surface area contributed by atoms with Crippen LogP contribution in [0.4, 0.5) is 0 Å². The molecule has 3 rings (SSSR count). The lowest BCUT2D eigenvalue weighted by Gasteiger charge is -2.25. The molecule has 1 aliphatic heterocycles. The van der Waals surface area contributed by atoms with E-state index in [0.29, 0.717) is 6.42 Å². The van der Waals surface area contributed by atoms with Crippen molar-refractivity contribution in [3.05, 3.63) is 71.3 Å². The largest absolute Gasteiger partial charge is 0.452 e. The molecule has 84 valence electrons. The third kappa shape index (κ3) is 1.82. The number of fused-ring (bicyclic) bond motifs is 1. The van der Waals surface area contributed by atoms with E-state index >= 15 is 0 Å². The maximum atomic E-state index is 11.6. The molecule has 0 saturated heterocycles. The number of hydrogen-bond acceptors (Lipinski definition) is 2. The van der Waals surface area contributed by atoms with Crippen LogP contribution in [0.15, 0.2) is 54.6 Å². The Kier molecular flexibility index (Phi) is 2.41. The first-order valence-electron chi connectivity index (χ1n) is 5.67. The SMILES string of the molecule is O=C1Cc2ccccc2[C@H](c2ccccc2)O1. The van der Waals surface area contributed by atoms with Crippen molar-refractivity contribution in [2.24, 2.45) is 0 Å². The lowest BCUT2D eigenvalue weighted by atomic mass is 9.93. The highest BCUT2D eigenvalue weighted by molar-refractivity contribution is 5.76. The summed E-state index contributed by atoms with van der Waals surface area (Å²) in [5.74, 6) is -0.155. The fourth-order valence-corrected chi connectivity index (χ4v) is 2.22. The summed E-state index contributed by atoms with van der Waals surface area (Å²) in [6.07, 6.45) is 0.119. The second-order valence-electron chi connectivity index (χ2n) is 4.16. The van der Waals surface area contributed by atoms with Gasteiger partial charge in [-0.15, -0.1) is 0 Å². The first-order chi connectivity index (χ1) is 8.34. The Balaban J connectivity index is 2.10. The van der Waals surface area contributed by atoms with E-state index in [4.69, 9.17) is 4.74 Å². The molecule has 2 nitrogen and oxygen atoms in total. The fourth-order valence-electron chi connectivity index (χ4n) is 2.22. The molecule has 0 aliphatic carbocycles. The fraction of sp³-hybridized carbons (Fsp3) is 0.133. The summed E-state index contributed by atoms with van der Waals surface area (Å²) in [5.41, 5.74) is 3.18. The van der Waals surface area contributed by atoms with E-state index in [0.717, 1.165) is 16.7 Å². The van der Waals surface area contributed by atoms with Crippen LogP contribution in [0.1, 0.15) is 22.8 Å². The Labute approximate surface area is 99.9 Å². The molecule has 0 spiro atoms. The number of carbonyl (C=O) groups excluding carboxylic acids is 1. The van der Waals surface area contributed by atoms with Crippen LogP contribution in [0.25, 0.3) is 0 Å². The standard InChI is InChI=1S/C15H12O2/c16-14-10-12-8-4-5-9-13(12)15(17-14)11-6-2-1-3-7-11/h1-9,15H,10H2/t15-/m0/s1. The highest BCUT2D eigenvalue weighted by atomic mass is 16.5. The normalized spacial score (nSPS) is 18.4. The van der Waals surface area contributed by atoms with Crippen LogP contribution < -0.4 is 0 Å². The molecule has 0 N–H and O–H groups in total. The Morgan fingerprint density at radius 2 is 1.65 bits per heavy atom. The third-order valence-electron chi connectivity index (χ3n) is 3.02. The lowest BCUT2D eigenvalue weighted by molar-refractivity contribution is -0.148. The average Bonchev–Trinajstić information content (AvgIpc) is 2.39. The number of rotatable bonds is 1. The van der Waals surface area contributed by atoms with Gasteiger partial charge in [0.05, 0.1) is 6.42 Å². The molecule has 0 amide bonds. The van der Waals surface area contributed by atoms with Gasteiger partial charge in [0, 0.05) is 5.56 Å². The molecule has 2 heteroatoms. The summed E-state index contributed by atoms with van der Waals surface area (Å²) < 4.78 is 5.46. The molecular formula is C15H12O2. The van der Waals surface area contributed by atoms with Gasteiger partial charge in [-0.2, -0.15) is 0 Å². The van der Waals surface area contributed by atoms with Gasteiger partial charge in [0.1, 0.15) is 0 Å². The molecule has 0 fully saturated rings. The zero-order chi connectivity index (χ0) is 11.7. The number of benzene rings is 2. The molecule has 0 saturated carbocycles. The van der Waals surface area contributed by atoms with Crippen molar-refractivity contribution < 1.29 is 9.53 Å². The van der Waals surface area contributed by atoms with Gasteiger partial charge in [-0.05, 0) is 11.1 Å². The molecule has 1 aliphatic rings. The minimum Gasteiger partial charge on any atom is -0.452 e. The van der Waals surface area contributed by atoms with Gasteiger partial charge in [0.2, 0.25) is 0 Å². The summed E-state index contributed by atoms with van der Waals surface area (Å²) in [6.45, 7) is 0. The topological polar surface area (TPSA) is 26.3 Å². The van der Waals surface area contributed by atoms with E-state index in [1.807, 2.05) is 54.6 Å². The zero-order valence-corrected chi connectivity index (χ0v) is 9.30. The van der Waals surface area contributed by atoms with E-state index < -0.39 is 0 Å². The van der Waals surface area contributed by atoms with Crippen LogP contribution in [-0.2, 0) is 16.0 Å². The van der Waals surface area contributed by atoms with Crippen LogP contribution >= 0.6 is 0 Å². The van der Waals surface area contributed by atoms with Gasteiger partial charge in [-0.25, -0.2) is 0 Å². The van der Waals surface area contributed by atoms with Crippen LogP contribution in [0.2, 0.25) is 0 Å². The quantitative estimate of drug-likeness (QED) is 0.696. The van der Waals surface area contributed by atoms with Gasteiger partial charge < -0.3 is 4.74 Å². The van der Waals surface area contributed by atoms with E-state index in [1.54, 1.807) is 0 Å². The average molecular weight is 224 g/mol. The molecule has 1 heterocycles. The molecule has 0 radical (unpaired) electrons. The Morgan fingerprint density at radius 1 is 0.941 bits per heavy atom. The second kappa shape index (κ2) is 4.06. The van der Waals surface area contributed by atoms with Crippen molar-refractivity contribution in [1.82, 2.24) is 0 Å². The molecule has 0 aromatic heterocycles. The van der Waals surface area contributed by atoms with Gasteiger partial charge in [0.25, 0.3) is 0 Å². The smallest absolute Gasteiger partial charge is 0.311 e. The monoisotopic (exact) mass is 224 g/mol. The number of cyclic esters (lactones) is 1. The first-order valence-corrected chi connectivity index (χ1v) is 5.67. The molecule has 0 bridgehead atoms. The number of hydrogen-bond donors (Lipinski definition) is 0. The minimum absolute atomic E-state index is 0.155. The Morgan fingerprint density at radius 3 is 2.47 bits per heavy atom. The van der Waals surface area contributed by atoms with E-state index in [1.165, 1.54) is 0 Å². The third-order valence-corrected chi connectivity index (χ3v) is 3.02. The van der Waals surface area contributed by atoms with Crippen LogP contribution in [0.5, 0.6) is 0 Å². The van der Waals surface area contributed by atoms with E-state index in [-0.39, 0.29) is 12.1 Å². The van der Waals surface area contributed by atoms with Gasteiger partial charge >= 0.3 is 5.97 Å². The van der Waals surface area contributed by atoms with Crippen molar-refractivity contribution in [3.63, 3.8) is 0 Å². The van der Waals surface area contributed by atoms with Crippen molar-refractivity contribution in [2.45, 2.75) is 12.5 Å². The summed E-state index contributed by atoms with van der Waals surface area (Å²) >= 11 is 0. The summed E-state index contributed by atoms with van der Waals surface area (Å²) in [7, 11) is 0. The molecule has 2 aromatic carbocycles. The highest BCUT2D eigenvalue weighted by Crippen LogP contribution is 2.32. The number of carbonyl (C=O) groups is 1. The maximum Gasteiger partial charge on any atom is 0.311 e. The molecule has 0 unspecified atom stereocenters. The molecule has 1 atom stereocenters. The van der Waals surface area contributed by atoms with Crippen LogP contribution in [-0.4, -0.2) is 5.97 Å². The summed E-state index contributed by atoms with van der Waals surface area (Å²) in [4.78, 5) is 11.6. The maximum absolute atomic E-state index is 11.6. The zero-order valence-electron chi connectivity index (χ0n) is 9.30. The van der Waals surface area contributed by atoms with Crippen LogP contribution in [0, 0.1) is 0 Å². The molecule has 2 aromatic rings. The van der Waals surface area contributed by atoms with Crippen molar-refractivity contribution in [2.75, 3.05) is 0 Å². The number of esters is 1.